The van der Waals surface area contributed by atoms with Gasteiger partial charge in [0.25, 0.3) is 0 Å². The molecule has 1 fully saturated rings. The first kappa shape index (κ1) is 17.6. The summed E-state index contributed by atoms with van der Waals surface area (Å²) in [6.07, 6.45) is 2.54. The molecule has 0 aliphatic heterocycles. The van der Waals surface area contributed by atoms with E-state index in [0.717, 1.165) is 12.1 Å². The molecular formula is C17H27N3O3. The smallest absolute Gasteiger partial charge is 0.319 e. The van der Waals surface area contributed by atoms with Gasteiger partial charge in [0.05, 0.1) is 12.3 Å². The van der Waals surface area contributed by atoms with Crippen LogP contribution in [0.25, 0.3) is 0 Å². The van der Waals surface area contributed by atoms with Gasteiger partial charge < -0.3 is 25.0 Å². The monoisotopic (exact) mass is 321 g/mol. The number of hydrogen-bond donors (Lipinski definition) is 2. The summed E-state index contributed by atoms with van der Waals surface area (Å²) in [5.41, 5.74) is 1.74. The molecule has 0 saturated heterocycles. The number of methoxy groups -OCH3 is 1. The predicted octanol–water partition coefficient (Wildman–Crippen LogP) is 2.24. The van der Waals surface area contributed by atoms with Crippen LogP contribution in [0.1, 0.15) is 18.4 Å². The molecular weight excluding hydrogens is 294 g/mol. The molecule has 1 aromatic rings. The molecule has 0 atom stereocenters. The topological polar surface area (TPSA) is 62.8 Å². The van der Waals surface area contributed by atoms with E-state index < -0.39 is 0 Å². The van der Waals surface area contributed by atoms with Gasteiger partial charge in [0.2, 0.25) is 0 Å². The Morgan fingerprint density at radius 1 is 1.35 bits per heavy atom. The summed E-state index contributed by atoms with van der Waals surface area (Å²) in [6, 6.07) is 6.20. The number of carbonyl (C=O) groups is 1. The Morgan fingerprint density at radius 3 is 2.83 bits per heavy atom. The van der Waals surface area contributed by atoms with Crippen LogP contribution < -0.4 is 15.4 Å². The van der Waals surface area contributed by atoms with Gasteiger partial charge in [-0.25, -0.2) is 4.79 Å². The van der Waals surface area contributed by atoms with Crippen LogP contribution in [0.4, 0.5) is 10.5 Å². The number of amides is 2. The van der Waals surface area contributed by atoms with E-state index in [9.17, 15) is 4.79 Å². The van der Waals surface area contributed by atoms with E-state index in [-0.39, 0.29) is 6.03 Å². The Morgan fingerprint density at radius 2 is 2.13 bits per heavy atom. The number of nitrogens with one attached hydrogen (secondary N) is 2. The van der Waals surface area contributed by atoms with E-state index >= 15 is 0 Å². The molecule has 2 N–H and O–H groups in total. The quantitative estimate of drug-likeness (QED) is 0.685. The van der Waals surface area contributed by atoms with Crippen molar-refractivity contribution >= 4 is 11.7 Å². The minimum atomic E-state index is -0.213. The van der Waals surface area contributed by atoms with E-state index in [0.29, 0.717) is 37.2 Å². The van der Waals surface area contributed by atoms with Gasteiger partial charge in [0.15, 0.2) is 0 Å². The van der Waals surface area contributed by atoms with Gasteiger partial charge in [-0.2, -0.15) is 0 Å². The molecule has 1 saturated carbocycles. The van der Waals surface area contributed by atoms with Gasteiger partial charge in [0.1, 0.15) is 12.4 Å². The maximum atomic E-state index is 12.0. The Hall–Kier alpha value is -1.79. The van der Waals surface area contributed by atoms with Crippen LogP contribution in [-0.4, -0.2) is 57.4 Å². The lowest BCUT2D eigenvalue weighted by Crippen LogP contribution is -2.36. The van der Waals surface area contributed by atoms with Crippen molar-refractivity contribution in [3.8, 4) is 5.75 Å². The number of hydrogen-bond acceptors (Lipinski definition) is 4. The van der Waals surface area contributed by atoms with E-state index in [1.165, 1.54) is 12.8 Å². The molecule has 0 radical (unpaired) electrons. The van der Waals surface area contributed by atoms with Crippen molar-refractivity contribution in [2.45, 2.75) is 25.8 Å². The fourth-order valence-corrected chi connectivity index (χ4v) is 2.30. The molecule has 6 nitrogen and oxygen atoms in total. The molecule has 128 valence electrons. The third-order valence-corrected chi connectivity index (χ3v) is 3.85. The second-order valence-electron chi connectivity index (χ2n) is 5.93. The zero-order chi connectivity index (χ0) is 16.7. The van der Waals surface area contributed by atoms with Gasteiger partial charge in [-0.15, -0.1) is 0 Å². The third-order valence-electron chi connectivity index (χ3n) is 3.85. The van der Waals surface area contributed by atoms with Gasteiger partial charge >= 0.3 is 6.03 Å². The molecule has 2 rings (SSSR count). The fraction of sp³-hybridized carbons (Fsp3) is 0.588. The van der Waals surface area contributed by atoms with Crippen LogP contribution in [0.2, 0.25) is 0 Å². The number of nitrogens with zero attached hydrogens (tertiary/aromatic N) is 1. The SMILES string of the molecule is COCCOc1cc(C)ccc1NC(=O)NCCN(C)C1CC1. The molecule has 0 aromatic heterocycles. The van der Waals surface area contributed by atoms with Gasteiger partial charge in [-0.1, -0.05) is 6.07 Å². The van der Waals surface area contributed by atoms with Crippen LogP contribution in [0.3, 0.4) is 0 Å². The summed E-state index contributed by atoms with van der Waals surface area (Å²) in [5.74, 6) is 0.660. The summed E-state index contributed by atoms with van der Waals surface area (Å²) < 4.78 is 10.7. The highest BCUT2D eigenvalue weighted by molar-refractivity contribution is 5.90. The van der Waals surface area contributed by atoms with Crippen LogP contribution in [-0.2, 0) is 4.74 Å². The van der Waals surface area contributed by atoms with Crippen LogP contribution in [0.5, 0.6) is 5.75 Å². The lowest BCUT2D eigenvalue weighted by Gasteiger charge is -2.17. The minimum absolute atomic E-state index is 0.213. The Kier molecular flexibility index (Phi) is 6.67. The van der Waals surface area contributed by atoms with E-state index in [1.807, 2.05) is 25.1 Å². The Labute approximate surface area is 138 Å². The van der Waals surface area contributed by atoms with Gasteiger partial charge in [0, 0.05) is 26.2 Å². The van der Waals surface area contributed by atoms with Gasteiger partial charge in [-0.3, -0.25) is 0 Å². The highest BCUT2D eigenvalue weighted by Crippen LogP contribution is 2.26. The van der Waals surface area contributed by atoms with Gasteiger partial charge in [-0.05, 0) is 44.5 Å². The summed E-state index contributed by atoms with van der Waals surface area (Å²) in [4.78, 5) is 14.3. The van der Waals surface area contributed by atoms with Crippen molar-refractivity contribution in [3.05, 3.63) is 23.8 Å². The van der Waals surface area contributed by atoms with E-state index in [1.54, 1.807) is 7.11 Å². The largest absolute Gasteiger partial charge is 0.489 e. The maximum Gasteiger partial charge on any atom is 0.319 e. The number of ether oxygens (including phenoxy) is 2. The number of carbonyl (C=O) groups excluding carboxylic acids is 1. The number of urea groups is 1. The highest BCUT2D eigenvalue weighted by atomic mass is 16.5. The molecule has 1 aromatic carbocycles. The molecule has 0 heterocycles. The van der Waals surface area contributed by atoms with Crippen LogP contribution in [0, 0.1) is 6.92 Å². The normalized spacial score (nSPS) is 13.9. The molecule has 2 amide bonds. The number of rotatable bonds is 9. The van der Waals surface area contributed by atoms with Crippen molar-refractivity contribution in [2.24, 2.45) is 0 Å². The summed E-state index contributed by atoms with van der Waals surface area (Å²) in [5, 5.41) is 5.73. The van der Waals surface area contributed by atoms with Crippen molar-refractivity contribution in [1.29, 1.82) is 0 Å². The van der Waals surface area contributed by atoms with Crippen molar-refractivity contribution < 1.29 is 14.3 Å². The zero-order valence-corrected chi connectivity index (χ0v) is 14.2. The first-order valence-corrected chi connectivity index (χ1v) is 8.07. The molecule has 1 aliphatic rings. The van der Waals surface area contributed by atoms with Crippen molar-refractivity contribution in [3.63, 3.8) is 0 Å². The van der Waals surface area contributed by atoms with Crippen LogP contribution >= 0.6 is 0 Å². The molecule has 0 spiro atoms. The second-order valence-corrected chi connectivity index (χ2v) is 5.93. The summed E-state index contributed by atoms with van der Waals surface area (Å²) >= 11 is 0. The molecule has 0 unspecified atom stereocenters. The first-order chi connectivity index (χ1) is 11.1. The van der Waals surface area contributed by atoms with E-state index in [4.69, 9.17) is 9.47 Å². The van der Waals surface area contributed by atoms with Crippen LogP contribution in [0.15, 0.2) is 18.2 Å². The average Bonchev–Trinajstić information content (AvgIpc) is 3.35. The lowest BCUT2D eigenvalue weighted by atomic mass is 10.2. The molecule has 6 heteroatoms. The average molecular weight is 321 g/mol. The second kappa shape index (κ2) is 8.74. The first-order valence-electron chi connectivity index (χ1n) is 8.07. The summed E-state index contributed by atoms with van der Waals surface area (Å²) in [6.45, 7) is 4.43. The molecule has 1 aliphatic carbocycles. The van der Waals surface area contributed by atoms with Crippen molar-refractivity contribution in [1.82, 2.24) is 10.2 Å². The lowest BCUT2D eigenvalue weighted by molar-refractivity contribution is 0.146. The summed E-state index contributed by atoms with van der Waals surface area (Å²) in [7, 11) is 3.73. The maximum absolute atomic E-state index is 12.0. The standard InChI is InChI=1S/C17H27N3O3/c1-13-4-7-15(16(12-13)23-11-10-22-3)19-17(21)18-8-9-20(2)14-5-6-14/h4,7,12,14H,5-6,8-11H2,1-3H3,(H2,18,19,21). The number of anilines is 1. The zero-order valence-electron chi connectivity index (χ0n) is 14.2. The predicted molar refractivity (Wildman–Crippen MR) is 91.2 cm³/mol. The highest BCUT2D eigenvalue weighted by Gasteiger charge is 2.25. The van der Waals surface area contributed by atoms with Crippen molar-refractivity contribution in [2.75, 3.05) is 45.8 Å². The van der Waals surface area contributed by atoms with E-state index in [2.05, 4.69) is 22.6 Å². The minimum Gasteiger partial charge on any atom is -0.489 e. The Balaban J connectivity index is 1.81. The Bertz CT molecular complexity index is 518. The number of benzene rings is 1. The molecule has 23 heavy (non-hydrogen) atoms. The third kappa shape index (κ3) is 6.08. The fourth-order valence-electron chi connectivity index (χ4n) is 2.30. The molecule has 0 bridgehead atoms. The number of aryl methyl sites for hydroxylation is 1. The number of likely N-dealkylation sites (N-methyl/N-ethyl adjacent to an activating group) is 1.